The van der Waals surface area contributed by atoms with E-state index in [4.69, 9.17) is 16.3 Å². The summed E-state index contributed by atoms with van der Waals surface area (Å²) in [6, 6.07) is 16.0. The molecule has 0 unspecified atom stereocenters. The Balaban J connectivity index is 1.61. The minimum absolute atomic E-state index is 0.103. The van der Waals surface area contributed by atoms with Gasteiger partial charge in [-0.25, -0.2) is 13.8 Å². The highest BCUT2D eigenvalue weighted by Crippen LogP contribution is 2.30. The number of fused-ring (bicyclic) bond motifs is 2. The van der Waals surface area contributed by atoms with Gasteiger partial charge in [-0.15, -0.1) is 0 Å². The second kappa shape index (κ2) is 7.39. The predicted molar refractivity (Wildman–Crippen MR) is 112 cm³/mol. The summed E-state index contributed by atoms with van der Waals surface area (Å²) in [6.07, 6.45) is 3.46. The lowest BCUT2D eigenvalue weighted by atomic mass is 10.1. The zero-order valence-electron chi connectivity index (χ0n) is 15.5. The standard InChI is InChI=1S/C23H14ClF2N3O/c24-18-10-15(25)4-6-20(18)29-21-7-5-16(26)11-19(21)28-23(29)13-30-22-3-1-2-14-12-27-9-8-17(14)22/h1-12H,13H2. The van der Waals surface area contributed by atoms with Crippen molar-refractivity contribution in [3.63, 3.8) is 0 Å². The van der Waals surface area contributed by atoms with Crippen molar-refractivity contribution in [3.8, 4) is 11.4 Å². The molecule has 5 aromatic rings. The second-order valence-corrected chi connectivity index (χ2v) is 7.14. The lowest BCUT2D eigenvalue weighted by molar-refractivity contribution is 0.298. The van der Waals surface area contributed by atoms with Crippen LogP contribution in [-0.4, -0.2) is 14.5 Å². The Morgan fingerprint density at radius 2 is 1.80 bits per heavy atom. The maximum Gasteiger partial charge on any atom is 0.152 e. The van der Waals surface area contributed by atoms with E-state index in [1.165, 1.54) is 24.3 Å². The van der Waals surface area contributed by atoms with Crippen LogP contribution in [0.1, 0.15) is 5.82 Å². The van der Waals surface area contributed by atoms with Crippen LogP contribution < -0.4 is 4.74 Å². The number of rotatable bonds is 4. The molecule has 3 aromatic carbocycles. The van der Waals surface area contributed by atoms with Crippen LogP contribution in [0.25, 0.3) is 27.5 Å². The number of imidazole rings is 1. The molecule has 4 nitrogen and oxygen atoms in total. The number of aromatic nitrogens is 3. The average Bonchev–Trinajstić information content (AvgIpc) is 3.09. The van der Waals surface area contributed by atoms with Gasteiger partial charge in [0.15, 0.2) is 5.82 Å². The fourth-order valence-electron chi connectivity index (χ4n) is 3.49. The number of halogens is 3. The van der Waals surface area contributed by atoms with Crippen molar-refractivity contribution in [3.05, 3.63) is 95.5 Å². The zero-order chi connectivity index (χ0) is 20.7. The van der Waals surface area contributed by atoms with E-state index in [0.717, 1.165) is 10.8 Å². The van der Waals surface area contributed by atoms with Gasteiger partial charge in [-0.3, -0.25) is 9.55 Å². The topological polar surface area (TPSA) is 39.9 Å². The van der Waals surface area contributed by atoms with E-state index in [2.05, 4.69) is 9.97 Å². The molecule has 0 aliphatic heterocycles. The highest BCUT2D eigenvalue weighted by atomic mass is 35.5. The third-order valence-corrected chi connectivity index (χ3v) is 5.14. The molecular formula is C23H14ClF2N3O. The highest BCUT2D eigenvalue weighted by molar-refractivity contribution is 6.32. The number of hydrogen-bond acceptors (Lipinski definition) is 3. The third kappa shape index (κ3) is 3.25. The Morgan fingerprint density at radius 3 is 2.67 bits per heavy atom. The van der Waals surface area contributed by atoms with Crippen LogP contribution in [0.3, 0.4) is 0 Å². The molecule has 0 aliphatic carbocycles. The van der Waals surface area contributed by atoms with Crippen LogP contribution in [0.4, 0.5) is 8.78 Å². The van der Waals surface area contributed by atoms with Crippen LogP contribution in [0.2, 0.25) is 5.02 Å². The molecule has 7 heteroatoms. The van der Waals surface area contributed by atoms with E-state index in [0.29, 0.717) is 28.3 Å². The molecule has 0 aliphatic rings. The first kappa shape index (κ1) is 18.5. The van der Waals surface area contributed by atoms with Gasteiger partial charge in [0.1, 0.15) is 24.0 Å². The zero-order valence-corrected chi connectivity index (χ0v) is 16.3. The first-order valence-corrected chi connectivity index (χ1v) is 9.56. The predicted octanol–water partition coefficient (Wildman–Crippen LogP) is 6.08. The van der Waals surface area contributed by atoms with Crippen molar-refractivity contribution >= 4 is 33.4 Å². The molecule has 0 saturated carbocycles. The minimum atomic E-state index is -0.443. The Bertz CT molecular complexity index is 1400. The highest BCUT2D eigenvalue weighted by Gasteiger charge is 2.17. The Hall–Kier alpha value is -3.51. The molecule has 0 amide bonds. The SMILES string of the molecule is Fc1ccc(-n2c(COc3cccc4cnccc34)nc3cc(F)ccc32)c(Cl)c1. The maximum atomic E-state index is 13.8. The molecule has 2 aromatic heterocycles. The van der Waals surface area contributed by atoms with Crippen molar-refractivity contribution in [1.82, 2.24) is 14.5 Å². The van der Waals surface area contributed by atoms with Crippen LogP contribution in [-0.2, 0) is 6.61 Å². The Kier molecular flexibility index (Phi) is 4.56. The summed E-state index contributed by atoms with van der Waals surface area (Å²) in [5, 5.41) is 2.09. The van der Waals surface area contributed by atoms with Gasteiger partial charge in [-0.2, -0.15) is 0 Å². The monoisotopic (exact) mass is 421 g/mol. The second-order valence-electron chi connectivity index (χ2n) is 6.73. The normalized spacial score (nSPS) is 11.3. The lowest BCUT2D eigenvalue weighted by Gasteiger charge is -2.13. The van der Waals surface area contributed by atoms with Gasteiger partial charge in [-0.05, 0) is 42.5 Å². The molecule has 0 saturated heterocycles. The summed E-state index contributed by atoms with van der Waals surface area (Å²) in [6.45, 7) is 0.103. The number of nitrogens with zero attached hydrogens (tertiary/aromatic N) is 3. The van der Waals surface area contributed by atoms with Gasteiger partial charge in [0.05, 0.1) is 21.7 Å². The third-order valence-electron chi connectivity index (χ3n) is 4.83. The first-order chi connectivity index (χ1) is 14.6. The molecular weight excluding hydrogens is 408 g/mol. The molecule has 0 spiro atoms. The summed E-state index contributed by atoms with van der Waals surface area (Å²) in [5.74, 6) is 0.341. The quantitative estimate of drug-likeness (QED) is 0.353. The van der Waals surface area contributed by atoms with E-state index in [-0.39, 0.29) is 11.6 Å². The van der Waals surface area contributed by atoms with Gasteiger partial charge in [-0.1, -0.05) is 23.7 Å². The fraction of sp³-hybridized carbons (Fsp3) is 0.0435. The molecule has 0 fully saturated rings. The smallest absolute Gasteiger partial charge is 0.152 e. The molecule has 30 heavy (non-hydrogen) atoms. The van der Waals surface area contributed by atoms with Crippen molar-refractivity contribution in [1.29, 1.82) is 0 Å². The molecule has 5 rings (SSSR count). The van der Waals surface area contributed by atoms with Crippen molar-refractivity contribution in [2.45, 2.75) is 6.61 Å². The van der Waals surface area contributed by atoms with E-state index < -0.39 is 11.6 Å². The van der Waals surface area contributed by atoms with Crippen LogP contribution in [0.5, 0.6) is 5.75 Å². The summed E-state index contributed by atoms with van der Waals surface area (Å²) in [5.41, 5.74) is 1.63. The maximum absolute atomic E-state index is 13.8. The van der Waals surface area contributed by atoms with Crippen LogP contribution >= 0.6 is 11.6 Å². The summed E-state index contributed by atoms with van der Waals surface area (Å²) in [4.78, 5) is 8.67. The molecule has 148 valence electrons. The summed E-state index contributed by atoms with van der Waals surface area (Å²) < 4.78 is 35.2. The summed E-state index contributed by atoms with van der Waals surface area (Å²) in [7, 11) is 0. The number of benzene rings is 3. The van der Waals surface area contributed by atoms with E-state index >= 15 is 0 Å². The van der Waals surface area contributed by atoms with E-state index in [1.807, 2.05) is 24.3 Å². The lowest BCUT2D eigenvalue weighted by Crippen LogP contribution is -2.06. The van der Waals surface area contributed by atoms with Gasteiger partial charge >= 0.3 is 0 Å². The van der Waals surface area contributed by atoms with Crippen LogP contribution in [0, 0.1) is 11.6 Å². The van der Waals surface area contributed by atoms with E-state index in [1.54, 1.807) is 29.1 Å². The fourth-order valence-corrected chi connectivity index (χ4v) is 3.74. The van der Waals surface area contributed by atoms with Crippen molar-refractivity contribution in [2.24, 2.45) is 0 Å². The molecule has 0 N–H and O–H groups in total. The summed E-state index contributed by atoms with van der Waals surface area (Å²) >= 11 is 6.31. The molecule has 2 heterocycles. The van der Waals surface area contributed by atoms with E-state index in [9.17, 15) is 8.78 Å². The van der Waals surface area contributed by atoms with Gasteiger partial charge in [0.25, 0.3) is 0 Å². The Labute approximate surface area is 175 Å². The van der Waals surface area contributed by atoms with Crippen LogP contribution in [0.15, 0.2) is 73.1 Å². The Morgan fingerprint density at radius 1 is 0.967 bits per heavy atom. The number of hydrogen-bond donors (Lipinski definition) is 0. The minimum Gasteiger partial charge on any atom is -0.485 e. The molecule has 0 atom stereocenters. The van der Waals surface area contributed by atoms with Gasteiger partial charge < -0.3 is 4.74 Å². The number of ether oxygens (including phenoxy) is 1. The molecule has 0 bridgehead atoms. The molecule has 0 radical (unpaired) electrons. The first-order valence-electron chi connectivity index (χ1n) is 9.18. The largest absolute Gasteiger partial charge is 0.485 e. The number of pyridine rings is 1. The van der Waals surface area contributed by atoms with Crippen molar-refractivity contribution in [2.75, 3.05) is 0 Å². The van der Waals surface area contributed by atoms with Gasteiger partial charge in [0, 0.05) is 29.2 Å². The average molecular weight is 422 g/mol. The van der Waals surface area contributed by atoms with Gasteiger partial charge in [0.2, 0.25) is 0 Å². The van der Waals surface area contributed by atoms with Crippen molar-refractivity contribution < 1.29 is 13.5 Å².